The van der Waals surface area contributed by atoms with Crippen LogP contribution < -0.4 is 5.32 Å². The second-order valence-corrected chi connectivity index (χ2v) is 6.26. The molecule has 0 amide bonds. The molecule has 0 saturated heterocycles. The van der Waals surface area contributed by atoms with Gasteiger partial charge in [0.25, 0.3) is 0 Å². The molecule has 0 aliphatic carbocycles. The molecule has 0 aliphatic heterocycles. The van der Waals surface area contributed by atoms with E-state index >= 15 is 0 Å². The molecule has 0 spiro atoms. The van der Waals surface area contributed by atoms with Crippen molar-refractivity contribution in [2.75, 3.05) is 6.54 Å². The molecule has 3 heteroatoms. The quantitative estimate of drug-likeness (QED) is 0.826. The van der Waals surface area contributed by atoms with Crippen molar-refractivity contribution in [2.45, 2.75) is 40.2 Å². The molecule has 0 bridgehead atoms. The van der Waals surface area contributed by atoms with Gasteiger partial charge in [-0.1, -0.05) is 6.92 Å². The Balaban J connectivity index is 2.50. The molecule has 1 nitrogen and oxygen atoms in total. The summed E-state index contributed by atoms with van der Waals surface area (Å²) in [5.41, 5.74) is 4.55. The van der Waals surface area contributed by atoms with Crippen LogP contribution in [0.3, 0.4) is 0 Å². The van der Waals surface area contributed by atoms with E-state index in [1.807, 2.05) is 13.8 Å². The molecule has 0 fully saturated rings. The molecule has 2 rings (SSSR count). The minimum atomic E-state index is -0.152. The van der Waals surface area contributed by atoms with Crippen LogP contribution in [0.25, 0.3) is 0 Å². The average molecular weight is 291 g/mol. The van der Waals surface area contributed by atoms with Gasteiger partial charge in [-0.15, -0.1) is 11.3 Å². The van der Waals surface area contributed by atoms with E-state index < -0.39 is 0 Å². The Bertz CT molecular complexity index is 565. The van der Waals surface area contributed by atoms with E-state index in [0.717, 1.165) is 24.1 Å². The second kappa shape index (κ2) is 6.51. The number of hydrogen-bond donors (Lipinski definition) is 1. The largest absolute Gasteiger partial charge is 0.306 e. The molecule has 108 valence electrons. The van der Waals surface area contributed by atoms with Gasteiger partial charge >= 0.3 is 0 Å². The topological polar surface area (TPSA) is 12.0 Å². The minimum Gasteiger partial charge on any atom is -0.306 e. The van der Waals surface area contributed by atoms with Crippen molar-refractivity contribution >= 4 is 11.3 Å². The summed E-state index contributed by atoms with van der Waals surface area (Å²) in [6.45, 7) is 9.25. The summed E-state index contributed by atoms with van der Waals surface area (Å²) in [6.07, 6.45) is 1.08. The highest BCUT2D eigenvalue weighted by Crippen LogP contribution is 2.33. The molecule has 1 N–H and O–H groups in total. The average Bonchev–Trinajstić information content (AvgIpc) is 2.78. The SMILES string of the molecule is CCCNC(c1sccc1C)c1c(C)cc(F)cc1C. The monoisotopic (exact) mass is 291 g/mol. The molecule has 1 heterocycles. The van der Waals surface area contributed by atoms with Gasteiger partial charge in [-0.2, -0.15) is 0 Å². The molecule has 1 atom stereocenters. The van der Waals surface area contributed by atoms with E-state index in [1.54, 1.807) is 23.5 Å². The maximum atomic E-state index is 13.5. The number of benzene rings is 1. The predicted octanol–water partition coefficient (Wildman–Crippen LogP) is 4.90. The molecule has 1 aromatic heterocycles. The predicted molar refractivity (Wildman–Crippen MR) is 85.1 cm³/mol. The number of aryl methyl sites for hydroxylation is 3. The van der Waals surface area contributed by atoms with Crippen molar-refractivity contribution in [3.8, 4) is 0 Å². The molecular weight excluding hydrogens is 269 g/mol. The fourth-order valence-electron chi connectivity index (χ4n) is 2.67. The Kier molecular flexibility index (Phi) is 4.95. The van der Waals surface area contributed by atoms with Crippen LogP contribution in [-0.4, -0.2) is 6.54 Å². The summed E-state index contributed by atoms with van der Waals surface area (Å²) in [4.78, 5) is 1.33. The van der Waals surface area contributed by atoms with Crippen LogP contribution >= 0.6 is 11.3 Å². The van der Waals surface area contributed by atoms with Gasteiger partial charge in [-0.25, -0.2) is 4.39 Å². The lowest BCUT2D eigenvalue weighted by atomic mass is 9.93. The van der Waals surface area contributed by atoms with E-state index in [-0.39, 0.29) is 11.9 Å². The Hall–Kier alpha value is -1.19. The van der Waals surface area contributed by atoms with Crippen LogP contribution in [0, 0.1) is 26.6 Å². The van der Waals surface area contributed by atoms with Crippen LogP contribution in [0.5, 0.6) is 0 Å². The van der Waals surface area contributed by atoms with E-state index in [9.17, 15) is 4.39 Å². The lowest BCUT2D eigenvalue weighted by Gasteiger charge is -2.23. The summed E-state index contributed by atoms with van der Waals surface area (Å²) in [5, 5.41) is 5.74. The van der Waals surface area contributed by atoms with Gasteiger partial charge in [0.15, 0.2) is 0 Å². The first-order valence-corrected chi connectivity index (χ1v) is 7.96. The van der Waals surface area contributed by atoms with E-state index in [0.29, 0.717) is 0 Å². The van der Waals surface area contributed by atoms with Gasteiger partial charge in [0.1, 0.15) is 5.82 Å². The Morgan fingerprint density at radius 1 is 1.15 bits per heavy atom. The third-order valence-corrected chi connectivity index (χ3v) is 4.69. The highest BCUT2D eigenvalue weighted by molar-refractivity contribution is 7.10. The van der Waals surface area contributed by atoms with Crippen LogP contribution in [0.4, 0.5) is 4.39 Å². The maximum absolute atomic E-state index is 13.5. The molecular formula is C17H22FNS. The molecule has 0 aliphatic rings. The van der Waals surface area contributed by atoms with Crippen molar-refractivity contribution in [2.24, 2.45) is 0 Å². The van der Waals surface area contributed by atoms with Crippen LogP contribution in [0.1, 0.15) is 46.5 Å². The second-order valence-electron chi connectivity index (χ2n) is 5.31. The lowest BCUT2D eigenvalue weighted by molar-refractivity contribution is 0.591. The van der Waals surface area contributed by atoms with Crippen molar-refractivity contribution in [3.63, 3.8) is 0 Å². The summed E-state index contributed by atoms with van der Waals surface area (Å²) in [6, 6.07) is 5.57. The number of halogens is 1. The van der Waals surface area contributed by atoms with Gasteiger partial charge in [0.05, 0.1) is 6.04 Å². The lowest BCUT2D eigenvalue weighted by Crippen LogP contribution is -2.24. The van der Waals surface area contributed by atoms with Gasteiger partial charge < -0.3 is 5.32 Å². The maximum Gasteiger partial charge on any atom is 0.123 e. The first-order valence-electron chi connectivity index (χ1n) is 7.08. The molecule has 1 unspecified atom stereocenters. The van der Waals surface area contributed by atoms with Crippen molar-refractivity contribution in [1.82, 2.24) is 5.32 Å². The third kappa shape index (κ3) is 3.10. The summed E-state index contributed by atoms with van der Waals surface area (Å²) >= 11 is 1.77. The van der Waals surface area contributed by atoms with Gasteiger partial charge in [-0.05, 0) is 79.6 Å². The van der Waals surface area contributed by atoms with Gasteiger partial charge in [0.2, 0.25) is 0 Å². The summed E-state index contributed by atoms with van der Waals surface area (Å²) in [7, 11) is 0. The fraction of sp³-hybridized carbons (Fsp3) is 0.412. The zero-order chi connectivity index (χ0) is 14.7. The number of thiophene rings is 1. The Morgan fingerprint density at radius 2 is 1.80 bits per heavy atom. The molecule has 20 heavy (non-hydrogen) atoms. The van der Waals surface area contributed by atoms with Crippen molar-refractivity contribution in [3.05, 3.63) is 56.5 Å². The smallest absolute Gasteiger partial charge is 0.123 e. The van der Waals surface area contributed by atoms with Crippen LogP contribution in [0.15, 0.2) is 23.6 Å². The van der Waals surface area contributed by atoms with Gasteiger partial charge in [-0.3, -0.25) is 0 Å². The Morgan fingerprint density at radius 3 is 2.30 bits per heavy atom. The zero-order valence-electron chi connectivity index (χ0n) is 12.6. The normalized spacial score (nSPS) is 12.7. The van der Waals surface area contributed by atoms with E-state index in [1.165, 1.54) is 16.0 Å². The number of nitrogens with one attached hydrogen (secondary N) is 1. The molecule has 1 aromatic carbocycles. The highest BCUT2D eigenvalue weighted by atomic mass is 32.1. The van der Waals surface area contributed by atoms with Gasteiger partial charge in [0, 0.05) is 4.88 Å². The van der Waals surface area contributed by atoms with E-state index in [4.69, 9.17) is 0 Å². The molecule has 0 saturated carbocycles. The van der Waals surface area contributed by atoms with E-state index in [2.05, 4.69) is 30.6 Å². The van der Waals surface area contributed by atoms with Crippen molar-refractivity contribution in [1.29, 1.82) is 0 Å². The third-order valence-electron chi connectivity index (χ3n) is 3.61. The first-order chi connectivity index (χ1) is 9.54. The minimum absolute atomic E-state index is 0.152. The summed E-state index contributed by atoms with van der Waals surface area (Å²) < 4.78 is 13.5. The molecule has 2 aromatic rings. The number of hydrogen-bond acceptors (Lipinski definition) is 2. The Labute approximate surface area is 124 Å². The molecule has 0 radical (unpaired) electrons. The highest BCUT2D eigenvalue weighted by Gasteiger charge is 2.21. The number of rotatable bonds is 5. The van der Waals surface area contributed by atoms with Crippen LogP contribution in [0.2, 0.25) is 0 Å². The summed E-state index contributed by atoms with van der Waals surface area (Å²) in [5.74, 6) is -0.152. The zero-order valence-corrected chi connectivity index (χ0v) is 13.4. The first kappa shape index (κ1) is 15.2. The van der Waals surface area contributed by atoms with Crippen molar-refractivity contribution < 1.29 is 4.39 Å². The van der Waals surface area contributed by atoms with Crippen LogP contribution in [-0.2, 0) is 0 Å². The fourth-order valence-corrected chi connectivity index (χ4v) is 3.68. The standard InChI is InChI=1S/C17H22FNS/c1-5-7-19-16(17-11(2)6-8-20-17)15-12(3)9-14(18)10-13(15)4/h6,8-10,16,19H,5,7H2,1-4H3.